The topological polar surface area (TPSA) is 64.2 Å². The highest BCUT2D eigenvalue weighted by molar-refractivity contribution is 5.92. The van der Waals surface area contributed by atoms with Gasteiger partial charge in [-0.1, -0.05) is 0 Å². The van der Waals surface area contributed by atoms with Crippen molar-refractivity contribution < 1.29 is 13.7 Å². The minimum Gasteiger partial charge on any atom is -0.354 e. The minimum absolute atomic E-state index is 0.0286. The van der Waals surface area contributed by atoms with Gasteiger partial charge in [-0.25, -0.2) is 8.78 Å². The fourth-order valence-corrected chi connectivity index (χ4v) is 2.63. The Kier molecular flexibility index (Phi) is 3.03. The van der Waals surface area contributed by atoms with Gasteiger partial charge in [0.25, 0.3) is 11.6 Å². The third kappa shape index (κ3) is 2.41. The molecule has 1 aromatic carbocycles. The second kappa shape index (κ2) is 4.64. The molecule has 2 heterocycles. The molecular formula is C13H14F2N4O2. The van der Waals surface area contributed by atoms with Gasteiger partial charge in [0.15, 0.2) is 5.82 Å². The number of halogens is 2. The van der Waals surface area contributed by atoms with Crippen LogP contribution >= 0.6 is 0 Å². The number of benzene rings is 1. The Morgan fingerprint density at radius 2 is 2.00 bits per heavy atom. The van der Waals surface area contributed by atoms with Crippen molar-refractivity contribution in [2.45, 2.75) is 18.8 Å². The van der Waals surface area contributed by atoms with Crippen molar-refractivity contribution >= 4 is 22.4 Å². The highest BCUT2D eigenvalue weighted by Gasteiger charge is 2.35. The van der Waals surface area contributed by atoms with Crippen molar-refractivity contribution in [3.8, 4) is 0 Å². The first-order chi connectivity index (χ1) is 9.87. The molecule has 0 saturated carbocycles. The number of rotatable bonds is 2. The Hall–Kier alpha value is -2.25. The predicted molar refractivity (Wildman–Crippen MR) is 73.8 cm³/mol. The van der Waals surface area contributed by atoms with E-state index in [1.54, 1.807) is 22.7 Å². The molecule has 0 N–H and O–H groups in total. The smallest absolute Gasteiger partial charge is 0.270 e. The molecule has 1 fully saturated rings. The summed E-state index contributed by atoms with van der Waals surface area (Å²) in [6, 6.07) is 4.49. The zero-order valence-electron chi connectivity index (χ0n) is 11.4. The van der Waals surface area contributed by atoms with E-state index in [2.05, 4.69) is 5.10 Å². The lowest BCUT2D eigenvalue weighted by atomic mass is 10.1. The van der Waals surface area contributed by atoms with Crippen LogP contribution in [-0.2, 0) is 7.05 Å². The summed E-state index contributed by atoms with van der Waals surface area (Å²) in [4.78, 5) is 12.2. The number of aromatic nitrogens is 2. The molecule has 1 saturated heterocycles. The SMILES string of the molecule is Cn1nc(N2CCC(F)(F)CC2)c2cc([N+](=O)[O-])ccc21. The molecule has 1 aliphatic heterocycles. The number of nitro benzene ring substituents is 1. The summed E-state index contributed by atoms with van der Waals surface area (Å²) in [6.07, 6.45) is -0.444. The lowest BCUT2D eigenvalue weighted by molar-refractivity contribution is -0.384. The van der Waals surface area contributed by atoms with Crippen molar-refractivity contribution in [3.05, 3.63) is 28.3 Å². The largest absolute Gasteiger partial charge is 0.354 e. The summed E-state index contributed by atoms with van der Waals surface area (Å²) in [5.41, 5.74) is 0.715. The zero-order valence-corrected chi connectivity index (χ0v) is 11.4. The lowest BCUT2D eigenvalue weighted by Gasteiger charge is -2.31. The fraction of sp³-hybridized carbons (Fsp3) is 0.462. The Morgan fingerprint density at radius 3 is 2.62 bits per heavy atom. The number of alkyl halides is 2. The monoisotopic (exact) mass is 296 g/mol. The van der Waals surface area contributed by atoms with Gasteiger partial charge < -0.3 is 4.90 Å². The van der Waals surface area contributed by atoms with Gasteiger partial charge in [-0.05, 0) is 6.07 Å². The second-order valence-corrected chi connectivity index (χ2v) is 5.25. The number of nitro groups is 1. The number of piperidine rings is 1. The Morgan fingerprint density at radius 1 is 1.33 bits per heavy atom. The Labute approximate surface area is 119 Å². The molecule has 3 rings (SSSR count). The maximum absolute atomic E-state index is 13.2. The fourth-order valence-electron chi connectivity index (χ4n) is 2.63. The normalized spacial score (nSPS) is 18.1. The molecule has 0 radical (unpaired) electrons. The van der Waals surface area contributed by atoms with Crippen LogP contribution in [0, 0.1) is 10.1 Å². The molecule has 6 nitrogen and oxygen atoms in total. The predicted octanol–water partition coefficient (Wildman–Crippen LogP) is 2.72. The molecule has 0 unspecified atom stereocenters. The van der Waals surface area contributed by atoms with Gasteiger partial charge in [-0.2, -0.15) is 5.10 Å². The van der Waals surface area contributed by atoms with Gasteiger partial charge in [-0.15, -0.1) is 0 Å². The molecule has 1 aromatic heterocycles. The number of anilines is 1. The molecule has 0 amide bonds. The highest BCUT2D eigenvalue weighted by atomic mass is 19.3. The van der Waals surface area contributed by atoms with Gasteiger partial charge >= 0.3 is 0 Å². The number of aryl methyl sites for hydroxylation is 1. The molecule has 21 heavy (non-hydrogen) atoms. The van der Waals surface area contributed by atoms with E-state index in [0.29, 0.717) is 11.2 Å². The third-order valence-electron chi connectivity index (χ3n) is 3.82. The molecule has 0 atom stereocenters. The summed E-state index contributed by atoms with van der Waals surface area (Å²) >= 11 is 0. The summed E-state index contributed by atoms with van der Waals surface area (Å²) in [5.74, 6) is -2.10. The quantitative estimate of drug-likeness (QED) is 0.631. The number of hydrogen-bond donors (Lipinski definition) is 0. The van der Waals surface area contributed by atoms with Crippen LogP contribution in [0.2, 0.25) is 0 Å². The molecule has 112 valence electrons. The first-order valence-electron chi connectivity index (χ1n) is 6.61. The van der Waals surface area contributed by atoms with E-state index in [1.807, 2.05) is 0 Å². The van der Waals surface area contributed by atoms with Crippen LogP contribution in [0.4, 0.5) is 20.3 Å². The van der Waals surface area contributed by atoms with Crippen LogP contribution in [0.15, 0.2) is 18.2 Å². The summed E-state index contributed by atoms with van der Waals surface area (Å²) in [5, 5.41) is 15.8. The van der Waals surface area contributed by atoms with E-state index in [1.165, 1.54) is 12.1 Å². The first-order valence-corrected chi connectivity index (χ1v) is 6.61. The summed E-state index contributed by atoms with van der Waals surface area (Å²) < 4.78 is 28.1. The Balaban J connectivity index is 2.02. The van der Waals surface area contributed by atoms with E-state index < -0.39 is 10.8 Å². The van der Waals surface area contributed by atoms with Crippen molar-refractivity contribution in [1.29, 1.82) is 0 Å². The minimum atomic E-state index is -2.63. The average Bonchev–Trinajstić information content (AvgIpc) is 2.76. The highest BCUT2D eigenvalue weighted by Crippen LogP contribution is 2.34. The number of hydrogen-bond acceptors (Lipinski definition) is 4. The van der Waals surface area contributed by atoms with E-state index in [-0.39, 0.29) is 31.6 Å². The van der Waals surface area contributed by atoms with Gasteiger partial charge in [0.2, 0.25) is 0 Å². The average molecular weight is 296 g/mol. The lowest BCUT2D eigenvalue weighted by Crippen LogP contribution is -2.39. The van der Waals surface area contributed by atoms with Gasteiger partial charge in [-0.3, -0.25) is 14.8 Å². The van der Waals surface area contributed by atoms with E-state index in [9.17, 15) is 18.9 Å². The van der Waals surface area contributed by atoms with Gasteiger partial charge in [0.05, 0.1) is 15.8 Å². The van der Waals surface area contributed by atoms with E-state index >= 15 is 0 Å². The van der Waals surface area contributed by atoms with Crippen LogP contribution in [0.3, 0.4) is 0 Å². The van der Waals surface area contributed by atoms with Crippen LogP contribution in [0.1, 0.15) is 12.8 Å². The van der Waals surface area contributed by atoms with Crippen molar-refractivity contribution in [3.63, 3.8) is 0 Å². The third-order valence-corrected chi connectivity index (χ3v) is 3.82. The summed E-state index contributed by atoms with van der Waals surface area (Å²) in [6.45, 7) is 0.392. The molecule has 2 aromatic rings. The van der Waals surface area contributed by atoms with E-state index in [0.717, 1.165) is 5.52 Å². The van der Waals surface area contributed by atoms with Gasteiger partial charge in [0, 0.05) is 45.1 Å². The van der Waals surface area contributed by atoms with Crippen molar-refractivity contribution in [2.24, 2.45) is 7.05 Å². The molecule has 0 bridgehead atoms. The molecule has 8 heteroatoms. The van der Waals surface area contributed by atoms with Crippen molar-refractivity contribution in [2.75, 3.05) is 18.0 Å². The Bertz CT molecular complexity index is 704. The van der Waals surface area contributed by atoms with Crippen LogP contribution in [-0.4, -0.2) is 33.7 Å². The number of nitrogens with zero attached hydrogens (tertiary/aromatic N) is 4. The van der Waals surface area contributed by atoms with E-state index in [4.69, 9.17) is 0 Å². The van der Waals surface area contributed by atoms with Crippen molar-refractivity contribution in [1.82, 2.24) is 9.78 Å². The molecule has 1 aliphatic rings. The van der Waals surface area contributed by atoms with Gasteiger partial charge in [0.1, 0.15) is 0 Å². The van der Waals surface area contributed by atoms with Crippen LogP contribution in [0.25, 0.3) is 10.9 Å². The maximum atomic E-state index is 13.2. The molecular weight excluding hydrogens is 282 g/mol. The summed E-state index contributed by atoms with van der Waals surface area (Å²) in [7, 11) is 1.73. The second-order valence-electron chi connectivity index (χ2n) is 5.25. The number of non-ortho nitro benzene ring substituents is 1. The zero-order chi connectivity index (χ0) is 15.2. The molecule has 0 aliphatic carbocycles. The standard InChI is InChI=1S/C13H14F2N4O2/c1-17-11-3-2-9(19(20)21)8-10(11)12(16-17)18-6-4-13(14,15)5-7-18/h2-3,8H,4-7H2,1H3. The maximum Gasteiger partial charge on any atom is 0.270 e. The first kappa shape index (κ1) is 13.7. The number of fused-ring (bicyclic) bond motifs is 1. The molecule has 0 spiro atoms. The van der Waals surface area contributed by atoms with Crippen LogP contribution in [0.5, 0.6) is 0 Å². The van der Waals surface area contributed by atoms with Crippen LogP contribution < -0.4 is 4.90 Å².